The van der Waals surface area contributed by atoms with Crippen LogP contribution in [0.25, 0.3) is 0 Å². The molecule has 0 aromatic carbocycles. The third kappa shape index (κ3) is 3.72. The molecule has 0 saturated heterocycles. The summed E-state index contributed by atoms with van der Waals surface area (Å²) in [6.07, 6.45) is 0.922. The summed E-state index contributed by atoms with van der Waals surface area (Å²) in [5.74, 6) is -0.385. The molecule has 8 nitrogen and oxygen atoms in total. The zero-order valence-electron chi connectivity index (χ0n) is 16.0. The molecule has 2 aromatic rings. The maximum absolute atomic E-state index is 12.4. The van der Waals surface area contributed by atoms with Gasteiger partial charge in [-0.2, -0.15) is 10.2 Å². The first kappa shape index (κ1) is 18.7. The summed E-state index contributed by atoms with van der Waals surface area (Å²) in [7, 11) is 6.96. The predicted octanol–water partition coefficient (Wildman–Crippen LogP) is 1.35. The Kier molecular flexibility index (Phi) is 5.30. The average Bonchev–Trinajstić information content (AvgIpc) is 2.95. The fourth-order valence-corrected chi connectivity index (χ4v) is 2.74. The maximum Gasteiger partial charge on any atom is 0.276 e. The van der Waals surface area contributed by atoms with E-state index >= 15 is 0 Å². The number of carbonyl (C=O) groups is 2. The van der Waals surface area contributed by atoms with Crippen LogP contribution in [0.3, 0.4) is 0 Å². The van der Waals surface area contributed by atoms with Gasteiger partial charge in [0.25, 0.3) is 5.91 Å². The number of aromatic nitrogens is 4. The van der Waals surface area contributed by atoms with Gasteiger partial charge in [-0.15, -0.1) is 0 Å². The lowest BCUT2D eigenvalue weighted by Crippen LogP contribution is -2.24. The van der Waals surface area contributed by atoms with Gasteiger partial charge in [0.15, 0.2) is 5.69 Å². The van der Waals surface area contributed by atoms with Crippen molar-refractivity contribution in [1.82, 2.24) is 24.5 Å². The van der Waals surface area contributed by atoms with Crippen molar-refractivity contribution in [3.05, 3.63) is 28.3 Å². The van der Waals surface area contributed by atoms with Gasteiger partial charge in [0.2, 0.25) is 5.91 Å². The molecule has 2 amide bonds. The van der Waals surface area contributed by atoms with E-state index < -0.39 is 0 Å². The van der Waals surface area contributed by atoms with E-state index in [-0.39, 0.29) is 17.5 Å². The number of hydrogen-bond donors (Lipinski definition) is 1. The molecule has 0 bridgehead atoms. The van der Waals surface area contributed by atoms with E-state index in [0.717, 1.165) is 22.6 Å². The van der Waals surface area contributed by atoms with E-state index in [1.165, 1.54) is 4.90 Å². The van der Waals surface area contributed by atoms with Crippen LogP contribution in [-0.4, -0.2) is 50.4 Å². The Balaban J connectivity index is 2.14. The first-order valence-electron chi connectivity index (χ1n) is 8.17. The number of anilines is 1. The molecule has 0 aliphatic rings. The van der Waals surface area contributed by atoms with E-state index in [9.17, 15) is 9.59 Å². The summed E-state index contributed by atoms with van der Waals surface area (Å²) < 4.78 is 3.42. The molecule has 0 saturated carbocycles. The van der Waals surface area contributed by atoms with Crippen molar-refractivity contribution >= 4 is 17.5 Å². The van der Waals surface area contributed by atoms with Gasteiger partial charge in [-0.25, -0.2) is 0 Å². The minimum absolute atomic E-state index is 0.147. The van der Waals surface area contributed by atoms with Crippen molar-refractivity contribution in [3.63, 3.8) is 0 Å². The average molecular weight is 346 g/mol. The number of hydrogen-bond acceptors (Lipinski definition) is 4. The molecule has 2 rings (SSSR count). The second-order valence-corrected chi connectivity index (χ2v) is 6.45. The Hall–Kier alpha value is -2.64. The quantitative estimate of drug-likeness (QED) is 0.886. The van der Waals surface area contributed by atoms with E-state index in [1.807, 2.05) is 32.5 Å². The number of rotatable bonds is 5. The molecule has 0 radical (unpaired) electrons. The SMILES string of the molecule is Cc1nn(C)c(C)c1CCC(=O)Nc1c(C(=O)N(C)C)nn(C)c1C. The second-order valence-electron chi connectivity index (χ2n) is 6.45. The summed E-state index contributed by atoms with van der Waals surface area (Å²) in [6.45, 7) is 5.76. The van der Waals surface area contributed by atoms with Crippen LogP contribution < -0.4 is 5.32 Å². The monoisotopic (exact) mass is 346 g/mol. The highest BCUT2D eigenvalue weighted by atomic mass is 16.2. The Bertz CT molecular complexity index is 816. The van der Waals surface area contributed by atoms with Gasteiger partial charge in [-0.1, -0.05) is 0 Å². The molecule has 25 heavy (non-hydrogen) atoms. The van der Waals surface area contributed by atoms with Crippen LogP contribution in [-0.2, 0) is 25.3 Å². The number of aryl methyl sites for hydroxylation is 3. The maximum atomic E-state index is 12.4. The molecule has 2 aromatic heterocycles. The first-order chi connectivity index (χ1) is 11.6. The van der Waals surface area contributed by atoms with E-state index in [2.05, 4.69) is 15.5 Å². The Morgan fingerprint density at radius 1 is 1.04 bits per heavy atom. The topological polar surface area (TPSA) is 85.1 Å². The zero-order valence-corrected chi connectivity index (χ0v) is 16.0. The van der Waals surface area contributed by atoms with Crippen molar-refractivity contribution in [2.24, 2.45) is 14.1 Å². The molecule has 0 aliphatic heterocycles. The van der Waals surface area contributed by atoms with Gasteiger partial charge in [-0.3, -0.25) is 19.0 Å². The number of nitrogens with one attached hydrogen (secondary N) is 1. The standard InChI is InChI=1S/C17H26N6O2/c1-10-13(11(2)22(6)19-10)8-9-14(24)18-15-12(3)23(7)20-16(15)17(25)21(4)5/h8-9H2,1-7H3,(H,18,24). The number of carbonyl (C=O) groups excluding carboxylic acids is 2. The molecule has 2 heterocycles. The van der Waals surface area contributed by atoms with Gasteiger partial charge < -0.3 is 10.2 Å². The van der Waals surface area contributed by atoms with Crippen molar-refractivity contribution in [2.45, 2.75) is 33.6 Å². The minimum Gasteiger partial charge on any atom is -0.343 e. The molecule has 0 spiro atoms. The van der Waals surface area contributed by atoms with Crippen LogP contribution in [0.5, 0.6) is 0 Å². The highest BCUT2D eigenvalue weighted by Crippen LogP contribution is 2.21. The lowest BCUT2D eigenvalue weighted by atomic mass is 10.1. The summed E-state index contributed by atoms with van der Waals surface area (Å²) in [4.78, 5) is 26.1. The molecule has 0 unspecified atom stereocenters. The summed E-state index contributed by atoms with van der Waals surface area (Å²) in [5.41, 5.74) is 4.57. The normalized spacial score (nSPS) is 10.8. The summed E-state index contributed by atoms with van der Waals surface area (Å²) in [5, 5.41) is 11.5. The third-order valence-electron chi connectivity index (χ3n) is 4.47. The Morgan fingerprint density at radius 3 is 2.16 bits per heavy atom. The van der Waals surface area contributed by atoms with Gasteiger partial charge in [0.1, 0.15) is 0 Å². The third-order valence-corrected chi connectivity index (χ3v) is 4.47. The lowest BCUT2D eigenvalue weighted by Gasteiger charge is -2.11. The Morgan fingerprint density at radius 2 is 1.64 bits per heavy atom. The molecule has 8 heteroatoms. The van der Waals surface area contributed by atoms with E-state index in [1.54, 1.807) is 25.8 Å². The molecule has 0 fully saturated rings. The van der Waals surface area contributed by atoms with Gasteiger partial charge in [-0.05, 0) is 32.8 Å². The van der Waals surface area contributed by atoms with E-state index in [0.29, 0.717) is 18.5 Å². The van der Waals surface area contributed by atoms with Gasteiger partial charge >= 0.3 is 0 Å². The van der Waals surface area contributed by atoms with Crippen LogP contribution in [0.15, 0.2) is 0 Å². The van der Waals surface area contributed by atoms with Crippen LogP contribution in [0.1, 0.15) is 39.6 Å². The summed E-state index contributed by atoms with van der Waals surface area (Å²) in [6, 6.07) is 0. The zero-order chi connectivity index (χ0) is 18.9. The highest BCUT2D eigenvalue weighted by molar-refractivity contribution is 6.02. The van der Waals surface area contributed by atoms with Gasteiger partial charge in [0.05, 0.1) is 17.1 Å². The van der Waals surface area contributed by atoms with Gasteiger partial charge in [0, 0.05) is 40.3 Å². The Labute approximate surface area is 147 Å². The van der Waals surface area contributed by atoms with Crippen LogP contribution in [0, 0.1) is 20.8 Å². The largest absolute Gasteiger partial charge is 0.343 e. The number of amides is 2. The molecular formula is C17H26N6O2. The van der Waals surface area contributed by atoms with E-state index in [4.69, 9.17) is 0 Å². The van der Waals surface area contributed by atoms with Crippen molar-refractivity contribution in [1.29, 1.82) is 0 Å². The fraction of sp³-hybridized carbons (Fsp3) is 0.529. The highest BCUT2D eigenvalue weighted by Gasteiger charge is 2.22. The fourth-order valence-electron chi connectivity index (χ4n) is 2.74. The molecule has 136 valence electrons. The van der Waals surface area contributed by atoms with Crippen LogP contribution in [0.4, 0.5) is 5.69 Å². The smallest absolute Gasteiger partial charge is 0.276 e. The molecule has 0 atom stereocenters. The predicted molar refractivity (Wildman–Crippen MR) is 95.6 cm³/mol. The lowest BCUT2D eigenvalue weighted by molar-refractivity contribution is -0.116. The molecular weight excluding hydrogens is 320 g/mol. The molecule has 0 aliphatic carbocycles. The van der Waals surface area contributed by atoms with Crippen molar-refractivity contribution < 1.29 is 9.59 Å². The van der Waals surface area contributed by atoms with Crippen molar-refractivity contribution in [2.75, 3.05) is 19.4 Å². The molecule has 1 N–H and O–H groups in total. The summed E-state index contributed by atoms with van der Waals surface area (Å²) >= 11 is 0. The minimum atomic E-state index is -0.238. The van der Waals surface area contributed by atoms with Crippen LogP contribution >= 0.6 is 0 Å². The van der Waals surface area contributed by atoms with Crippen LogP contribution in [0.2, 0.25) is 0 Å². The first-order valence-corrected chi connectivity index (χ1v) is 8.17. The number of nitrogens with zero attached hydrogens (tertiary/aromatic N) is 5. The second kappa shape index (κ2) is 7.08. The van der Waals surface area contributed by atoms with Crippen molar-refractivity contribution in [3.8, 4) is 0 Å².